The molecule has 1 nitrogen and oxygen atoms in total. The largest absolute Gasteiger partial charge is 0.381 e. The Hall–Kier alpha value is -1.60. The quantitative estimate of drug-likeness (QED) is 0.101. The van der Waals surface area contributed by atoms with Crippen LogP contribution in [0.4, 0.5) is 0 Å². The molecule has 0 aromatic heterocycles. The van der Waals surface area contributed by atoms with E-state index in [0.29, 0.717) is 0 Å². The third kappa shape index (κ3) is 86.8. The Labute approximate surface area is 239 Å². The van der Waals surface area contributed by atoms with Crippen LogP contribution in [-0.2, 0) is 4.74 Å². The van der Waals surface area contributed by atoms with Crippen LogP contribution >= 0.6 is 0 Å². The fourth-order valence-electron chi connectivity index (χ4n) is 3.49. The highest BCUT2D eigenvalue weighted by atomic mass is 16.5. The van der Waals surface area contributed by atoms with Gasteiger partial charge in [-0.15, -0.1) is 78.9 Å². The zero-order valence-corrected chi connectivity index (χ0v) is 26.4. The molecular weight excluding hydrogens is 448 g/mol. The van der Waals surface area contributed by atoms with Gasteiger partial charge in [-0.05, 0) is 12.8 Å². The van der Waals surface area contributed by atoms with E-state index in [4.69, 9.17) is 4.74 Å². The van der Waals surface area contributed by atoms with Crippen LogP contribution in [-0.4, -0.2) is 13.2 Å². The summed E-state index contributed by atoms with van der Waals surface area (Å²) in [5, 5.41) is 0. The molecule has 0 heterocycles. The van der Waals surface area contributed by atoms with E-state index in [1.165, 1.54) is 128 Å². The molecule has 0 aromatic rings. The lowest BCUT2D eigenvalue weighted by Crippen LogP contribution is -1.97. The first-order chi connectivity index (χ1) is 18.4. The molecule has 37 heavy (non-hydrogen) atoms. The summed E-state index contributed by atoms with van der Waals surface area (Å²) in [6.07, 6.45) is 28.2. The molecule has 0 N–H and O–H groups in total. The number of hydrogen-bond acceptors (Lipinski definition) is 1. The summed E-state index contributed by atoms with van der Waals surface area (Å²) in [5.74, 6) is 0. The third-order valence-corrected chi connectivity index (χ3v) is 5.28. The predicted octanol–water partition coefficient (Wildman–Crippen LogP) is 13.7. The fourth-order valence-corrected chi connectivity index (χ4v) is 3.49. The summed E-state index contributed by atoms with van der Waals surface area (Å²) in [5.41, 5.74) is 0. The van der Waals surface area contributed by atoms with Gasteiger partial charge in [-0.3, -0.25) is 0 Å². The van der Waals surface area contributed by atoms with Gasteiger partial charge in [0.15, 0.2) is 0 Å². The second-order valence-electron chi connectivity index (χ2n) is 7.98. The highest BCUT2D eigenvalue weighted by molar-refractivity contribution is 4.49. The molecule has 1 heteroatoms. The van der Waals surface area contributed by atoms with Crippen LogP contribution in [0.5, 0.6) is 0 Å². The van der Waals surface area contributed by atoms with Crippen molar-refractivity contribution in [3.8, 4) is 0 Å². The van der Waals surface area contributed by atoms with Crippen LogP contribution < -0.4 is 0 Å². The van der Waals surface area contributed by atoms with Gasteiger partial charge in [-0.1, -0.05) is 129 Å². The highest BCUT2D eigenvalue weighted by Gasteiger charge is 1.95. The average molecular weight is 523 g/mol. The van der Waals surface area contributed by atoms with Crippen molar-refractivity contribution in [1.29, 1.82) is 0 Å². The maximum Gasteiger partial charge on any atom is 0.0466 e. The van der Waals surface area contributed by atoms with Gasteiger partial charge < -0.3 is 4.74 Å². The fraction of sp³-hybridized carbons (Fsp3) is 0.667. The van der Waals surface area contributed by atoms with E-state index in [9.17, 15) is 0 Å². The normalized spacial score (nSPS) is 8.27. The van der Waals surface area contributed by atoms with Gasteiger partial charge in [-0.2, -0.15) is 0 Å². The van der Waals surface area contributed by atoms with Crippen LogP contribution in [0, 0.1) is 0 Å². The molecule has 0 saturated heterocycles. The first-order valence-corrected chi connectivity index (χ1v) is 15.0. The molecule has 0 unspecified atom stereocenters. The second-order valence-corrected chi connectivity index (χ2v) is 7.98. The summed E-state index contributed by atoms with van der Waals surface area (Å²) in [6, 6.07) is 0. The lowest BCUT2D eigenvalue weighted by molar-refractivity contribution is 0.125. The lowest BCUT2D eigenvalue weighted by atomic mass is 10.1. The molecule has 0 aliphatic heterocycles. The molecule has 0 atom stereocenters. The van der Waals surface area contributed by atoms with Gasteiger partial charge in [0.25, 0.3) is 0 Å². The van der Waals surface area contributed by atoms with E-state index < -0.39 is 0 Å². The Morgan fingerprint density at radius 3 is 0.622 bits per heavy atom. The van der Waals surface area contributed by atoms with E-state index in [2.05, 4.69) is 92.8 Å². The summed E-state index contributed by atoms with van der Waals surface area (Å²) in [7, 11) is 0. The molecular formula is C36H74O. The van der Waals surface area contributed by atoms with Crippen LogP contribution in [0.2, 0.25) is 0 Å². The molecule has 0 bridgehead atoms. The van der Waals surface area contributed by atoms with E-state index in [0.717, 1.165) is 13.2 Å². The maximum absolute atomic E-state index is 5.78. The number of rotatable bonds is 22. The Bertz CT molecular complexity index is 251. The minimum Gasteiger partial charge on any atom is -0.381 e. The van der Waals surface area contributed by atoms with Crippen molar-refractivity contribution >= 4 is 0 Å². The molecule has 0 amide bonds. The summed E-state index contributed by atoms with van der Waals surface area (Å²) >= 11 is 0. The van der Waals surface area contributed by atoms with Crippen LogP contribution in [0.15, 0.2) is 78.9 Å². The highest BCUT2D eigenvalue weighted by Crippen LogP contribution is 2.12. The maximum atomic E-state index is 5.78. The number of ether oxygens (including phenoxy) is 1. The van der Waals surface area contributed by atoms with E-state index in [-0.39, 0.29) is 0 Å². The Morgan fingerprint density at radius 2 is 0.432 bits per heavy atom. The molecule has 0 fully saturated rings. The summed E-state index contributed by atoms with van der Waals surface area (Å²) in [6.45, 7) is 42.6. The van der Waals surface area contributed by atoms with Crippen molar-refractivity contribution in [1.82, 2.24) is 0 Å². The predicted molar refractivity (Wildman–Crippen MR) is 182 cm³/mol. The minimum atomic E-state index is 0.994. The molecule has 0 spiro atoms. The minimum absolute atomic E-state index is 0.994. The Kier molecular flexibility index (Phi) is 118. The van der Waals surface area contributed by atoms with Crippen LogP contribution in [0.3, 0.4) is 0 Å². The van der Waals surface area contributed by atoms with Gasteiger partial charge in [0.2, 0.25) is 0 Å². The lowest BCUT2D eigenvalue weighted by Gasteiger charge is -2.05. The number of unbranched alkanes of at least 4 members (excludes halogenated alkanes) is 18. The number of hydrogen-bond donors (Lipinski definition) is 0. The topological polar surface area (TPSA) is 9.23 Å². The van der Waals surface area contributed by atoms with Crippen molar-refractivity contribution in [2.24, 2.45) is 0 Å². The van der Waals surface area contributed by atoms with Crippen molar-refractivity contribution in [3.63, 3.8) is 0 Å². The molecule has 0 saturated carbocycles. The molecule has 0 aromatic carbocycles. The molecule has 0 aliphatic rings. The van der Waals surface area contributed by atoms with E-state index in [1.54, 1.807) is 0 Å². The van der Waals surface area contributed by atoms with E-state index in [1.807, 2.05) is 0 Å². The van der Waals surface area contributed by atoms with Crippen LogP contribution in [0.25, 0.3) is 0 Å². The van der Waals surface area contributed by atoms with Gasteiger partial charge in [0.05, 0.1) is 0 Å². The van der Waals surface area contributed by atoms with Crippen molar-refractivity contribution in [2.75, 3.05) is 13.2 Å². The summed E-state index contributed by atoms with van der Waals surface area (Å²) in [4.78, 5) is 0. The van der Waals surface area contributed by atoms with Gasteiger partial charge >= 0.3 is 0 Å². The van der Waals surface area contributed by atoms with Gasteiger partial charge in [0.1, 0.15) is 0 Å². The first-order valence-electron chi connectivity index (χ1n) is 15.0. The monoisotopic (exact) mass is 523 g/mol. The molecule has 224 valence electrons. The Morgan fingerprint density at radius 1 is 0.270 bits per heavy atom. The molecule has 0 rings (SSSR count). The molecule has 0 aliphatic carbocycles. The zero-order chi connectivity index (χ0) is 30.3. The average Bonchev–Trinajstić information content (AvgIpc) is 3.00. The van der Waals surface area contributed by atoms with Crippen molar-refractivity contribution in [2.45, 2.75) is 142 Å². The molecule has 0 radical (unpaired) electrons. The first kappa shape index (κ1) is 51.9. The van der Waals surface area contributed by atoms with Crippen LogP contribution in [0.1, 0.15) is 142 Å². The third-order valence-electron chi connectivity index (χ3n) is 5.28. The van der Waals surface area contributed by atoms with Crippen molar-refractivity contribution < 1.29 is 4.74 Å². The van der Waals surface area contributed by atoms with Gasteiger partial charge in [0, 0.05) is 13.2 Å². The van der Waals surface area contributed by atoms with Crippen molar-refractivity contribution in [3.05, 3.63) is 78.9 Å². The summed E-state index contributed by atoms with van der Waals surface area (Å²) < 4.78 is 5.78. The SMILES string of the molecule is C=C.C=C.C=C.C=C.C=C.C=C.CCCCCCCCCCCCOCCCCCCCCCCCC. The van der Waals surface area contributed by atoms with Gasteiger partial charge in [-0.25, -0.2) is 0 Å². The van der Waals surface area contributed by atoms with E-state index >= 15 is 0 Å². The smallest absolute Gasteiger partial charge is 0.0466 e. The zero-order valence-electron chi connectivity index (χ0n) is 26.4. The second kappa shape index (κ2) is 83.8. The standard InChI is InChI=1S/C24H50O.6C2H4/c1-3-5-7-9-11-13-15-17-19-21-23-25-24-22-20-18-16-14-12-10-8-6-4-2;6*1-2/h3-24H2,1-2H3;6*1-2H2. The Balaban J connectivity index is -0.000000130.